The van der Waals surface area contributed by atoms with Crippen LogP contribution < -0.4 is 10.2 Å². The van der Waals surface area contributed by atoms with Crippen molar-refractivity contribution >= 4 is 16.5 Å². The van der Waals surface area contributed by atoms with Crippen LogP contribution in [0.2, 0.25) is 0 Å². The van der Waals surface area contributed by atoms with Crippen molar-refractivity contribution in [3.05, 3.63) is 10.6 Å². The van der Waals surface area contributed by atoms with Gasteiger partial charge in [-0.05, 0) is 19.4 Å². The molecule has 98 valence electrons. The lowest BCUT2D eigenvalue weighted by atomic mass is 10.1. The van der Waals surface area contributed by atoms with E-state index in [0.717, 1.165) is 30.6 Å². The van der Waals surface area contributed by atoms with Gasteiger partial charge in [-0.25, -0.2) is 4.98 Å². The summed E-state index contributed by atoms with van der Waals surface area (Å²) in [7, 11) is 4.13. The van der Waals surface area contributed by atoms with Gasteiger partial charge in [0.15, 0.2) is 5.13 Å². The van der Waals surface area contributed by atoms with Crippen LogP contribution in [0.3, 0.4) is 0 Å². The lowest BCUT2D eigenvalue weighted by Gasteiger charge is -2.19. The molecule has 0 aliphatic carbocycles. The smallest absolute Gasteiger partial charge is 0.185 e. The zero-order valence-corrected chi connectivity index (χ0v) is 12.5. The Hall–Kier alpha value is -0.610. The fraction of sp³-hybridized carbons (Fsp3) is 0.769. The molecule has 0 amide bonds. The van der Waals surface area contributed by atoms with Crippen LogP contribution in [0.25, 0.3) is 0 Å². The molecule has 0 aliphatic rings. The molecule has 17 heavy (non-hydrogen) atoms. The maximum absolute atomic E-state index is 4.74. The minimum atomic E-state index is 0.724. The monoisotopic (exact) mass is 255 g/mol. The summed E-state index contributed by atoms with van der Waals surface area (Å²) < 4.78 is 0. The van der Waals surface area contributed by atoms with Gasteiger partial charge in [0.25, 0.3) is 0 Å². The molecule has 3 nitrogen and oxygen atoms in total. The third-order valence-corrected chi connectivity index (χ3v) is 4.26. The second-order valence-corrected chi connectivity index (χ2v) is 5.71. The molecule has 1 rings (SSSR count). The summed E-state index contributed by atoms with van der Waals surface area (Å²) >= 11 is 1.82. The van der Waals surface area contributed by atoms with Gasteiger partial charge >= 0.3 is 0 Å². The van der Waals surface area contributed by atoms with Crippen molar-refractivity contribution in [3.63, 3.8) is 0 Å². The average Bonchev–Trinajstić information content (AvgIpc) is 2.72. The maximum atomic E-state index is 4.74. The third kappa shape index (κ3) is 3.96. The fourth-order valence-electron chi connectivity index (χ4n) is 1.78. The van der Waals surface area contributed by atoms with Crippen LogP contribution in [0, 0.1) is 5.92 Å². The zero-order valence-electron chi connectivity index (χ0n) is 11.7. The molecule has 1 aromatic heterocycles. The highest BCUT2D eigenvalue weighted by atomic mass is 32.1. The Kier molecular flexibility index (Phi) is 5.92. The Morgan fingerprint density at radius 1 is 1.41 bits per heavy atom. The first-order chi connectivity index (χ1) is 8.12. The number of thiazole rings is 1. The highest BCUT2D eigenvalue weighted by molar-refractivity contribution is 7.15. The number of aryl methyl sites for hydroxylation is 1. The molecule has 0 aliphatic heterocycles. The van der Waals surface area contributed by atoms with Crippen molar-refractivity contribution in [2.75, 3.05) is 25.5 Å². The summed E-state index contributed by atoms with van der Waals surface area (Å²) in [6.07, 6.45) is 2.24. The van der Waals surface area contributed by atoms with Crippen LogP contribution in [-0.4, -0.2) is 25.6 Å². The lowest BCUT2D eigenvalue weighted by molar-refractivity contribution is 0.559. The van der Waals surface area contributed by atoms with Crippen LogP contribution in [0.15, 0.2) is 0 Å². The van der Waals surface area contributed by atoms with Gasteiger partial charge < -0.3 is 10.2 Å². The minimum absolute atomic E-state index is 0.724. The van der Waals surface area contributed by atoms with Crippen LogP contribution in [0.4, 0.5) is 5.13 Å². The first-order valence-electron chi connectivity index (χ1n) is 6.46. The number of aromatic nitrogens is 1. The molecular formula is C13H25N3S. The molecule has 1 atom stereocenters. The first-order valence-corrected chi connectivity index (χ1v) is 7.28. The van der Waals surface area contributed by atoms with E-state index in [0.29, 0.717) is 0 Å². The highest BCUT2D eigenvalue weighted by Crippen LogP contribution is 2.26. The predicted octanol–water partition coefficient (Wildman–Crippen LogP) is 2.91. The highest BCUT2D eigenvalue weighted by Gasteiger charge is 2.13. The number of nitrogens with zero attached hydrogens (tertiary/aromatic N) is 2. The Bertz CT molecular complexity index is 335. The Labute approximate surface area is 109 Å². The Balaban J connectivity index is 2.76. The number of nitrogens with one attached hydrogen (secondary N) is 1. The number of hydrogen-bond acceptors (Lipinski definition) is 4. The Morgan fingerprint density at radius 2 is 2.12 bits per heavy atom. The van der Waals surface area contributed by atoms with E-state index in [1.165, 1.54) is 17.0 Å². The van der Waals surface area contributed by atoms with Crippen molar-refractivity contribution in [1.29, 1.82) is 0 Å². The van der Waals surface area contributed by atoms with Gasteiger partial charge in [0.05, 0.1) is 5.69 Å². The van der Waals surface area contributed by atoms with Crippen LogP contribution >= 0.6 is 11.3 Å². The van der Waals surface area contributed by atoms with Gasteiger partial charge in [0.1, 0.15) is 0 Å². The van der Waals surface area contributed by atoms with E-state index in [1.54, 1.807) is 0 Å². The second kappa shape index (κ2) is 6.97. The van der Waals surface area contributed by atoms with Crippen molar-refractivity contribution in [2.24, 2.45) is 5.92 Å². The van der Waals surface area contributed by atoms with Gasteiger partial charge in [-0.2, -0.15) is 0 Å². The number of rotatable bonds is 7. The zero-order chi connectivity index (χ0) is 12.8. The van der Waals surface area contributed by atoms with E-state index in [9.17, 15) is 0 Å². The maximum Gasteiger partial charge on any atom is 0.185 e. The molecule has 1 aromatic rings. The Morgan fingerprint density at radius 3 is 2.65 bits per heavy atom. The van der Waals surface area contributed by atoms with Gasteiger partial charge in [-0.3, -0.25) is 0 Å². The summed E-state index contributed by atoms with van der Waals surface area (Å²) in [6, 6.07) is 0. The van der Waals surface area contributed by atoms with E-state index < -0.39 is 0 Å². The van der Waals surface area contributed by atoms with E-state index in [-0.39, 0.29) is 0 Å². The van der Waals surface area contributed by atoms with E-state index >= 15 is 0 Å². The van der Waals surface area contributed by atoms with Crippen molar-refractivity contribution in [1.82, 2.24) is 10.3 Å². The summed E-state index contributed by atoms with van der Waals surface area (Å²) in [4.78, 5) is 8.40. The summed E-state index contributed by atoms with van der Waals surface area (Å²) in [6.45, 7) is 8.72. The average molecular weight is 255 g/mol. The SMILES string of the molecule is CCc1nc(N(C)CC(C)CC)sc1CNC. The van der Waals surface area contributed by atoms with Gasteiger partial charge in [0.2, 0.25) is 0 Å². The van der Waals surface area contributed by atoms with Crippen molar-refractivity contribution in [2.45, 2.75) is 40.2 Å². The summed E-state index contributed by atoms with van der Waals surface area (Å²) in [5.74, 6) is 0.724. The number of anilines is 1. The van der Waals surface area contributed by atoms with Crippen LogP contribution in [-0.2, 0) is 13.0 Å². The first kappa shape index (κ1) is 14.5. The molecule has 0 spiro atoms. The molecule has 0 saturated heterocycles. The van der Waals surface area contributed by atoms with Gasteiger partial charge in [-0.1, -0.05) is 27.2 Å². The molecule has 1 N–H and O–H groups in total. The molecular weight excluding hydrogens is 230 g/mol. The normalized spacial score (nSPS) is 12.8. The van der Waals surface area contributed by atoms with Crippen molar-refractivity contribution < 1.29 is 0 Å². The third-order valence-electron chi connectivity index (χ3n) is 3.05. The summed E-state index contributed by atoms with van der Waals surface area (Å²) in [5.41, 5.74) is 1.25. The lowest BCUT2D eigenvalue weighted by Crippen LogP contribution is -2.23. The quantitative estimate of drug-likeness (QED) is 0.812. The minimum Gasteiger partial charge on any atom is -0.351 e. The van der Waals surface area contributed by atoms with Gasteiger partial charge in [0, 0.05) is 25.0 Å². The van der Waals surface area contributed by atoms with E-state index in [1.807, 2.05) is 18.4 Å². The molecule has 0 bridgehead atoms. The summed E-state index contributed by atoms with van der Waals surface area (Å²) in [5, 5.41) is 4.37. The van der Waals surface area contributed by atoms with Crippen LogP contribution in [0.5, 0.6) is 0 Å². The topological polar surface area (TPSA) is 28.2 Å². The van der Waals surface area contributed by atoms with Gasteiger partial charge in [-0.15, -0.1) is 11.3 Å². The van der Waals surface area contributed by atoms with E-state index in [4.69, 9.17) is 4.98 Å². The molecule has 1 unspecified atom stereocenters. The molecule has 0 saturated carbocycles. The molecule has 0 fully saturated rings. The molecule has 0 radical (unpaired) electrons. The standard InChI is InChI=1S/C13H25N3S/c1-6-10(3)9-16(5)13-15-11(7-2)12(17-13)8-14-4/h10,14H,6-9H2,1-5H3. The number of hydrogen-bond donors (Lipinski definition) is 1. The predicted molar refractivity (Wildman–Crippen MR) is 77.0 cm³/mol. The largest absolute Gasteiger partial charge is 0.351 e. The van der Waals surface area contributed by atoms with Crippen LogP contribution in [0.1, 0.15) is 37.8 Å². The molecule has 4 heteroatoms. The van der Waals surface area contributed by atoms with E-state index in [2.05, 4.69) is 38.0 Å². The molecule has 1 heterocycles. The fourth-order valence-corrected chi connectivity index (χ4v) is 2.91. The second-order valence-electron chi connectivity index (χ2n) is 4.64. The van der Waals surface area contributed by atoms with Crippen molar-refractivity contribution in [3.8, 4) is 0 Å². The molecule has 0 aromatic carbocycles.